The van der Waals surface area contributed by atoms with Gasteiger partial charge in [-0.1, -0.05) is 19.3 Å². The molecular weight excluding hydrogens is 186 g/mol. The van der Waals surface area contributed by atoms with E-state index >= 15 is 0 Å². The van der Waals surface area contributed by atoms with Gasteiger partial charge >= 0.3 is 0 Å². The monoisotopic (exact) mass is 196 g/mol. The topological polar surface area (TPSA) is 43.4 Å². The van der Waals surface area contributed by atoms with Crippen molar-refractivity contribution in [2.45, 2.75) is 38.1 Å². The van der Waals surface area contributed by atoms with Crippen molar-refractivity contribution < 1.29 is 8.76 Å². The molecule has 0 aromatic carbocycles. The molecule has 0 N–H and O–H groups in total. The highest BCUT2D eigenvalue weighted by Crippen LogP contribution is 2.24. The van der Waals surface area contributed by atoms with Gasteiger partial charge in [-0.2, -0.15) is 0 Å². The molecule has 1 aliphatic rings. The van der Waals surface area contributed by atoms with Gasteiger partial charge in [0.2, 0.25) is 0 Å². The Hall–Kier alpha value is 0.360. The number of halogens is 1. The van der Waals surface area contributed by atoms with Crippen LogP contribution in [-0.4, -0.2) is 18.6 Å². The molecular formula is C6H11ClNO2S-. The van der Waals surface area contributed by atoms with E-state index in [0.29, 0.717) is 0 Å². The van der Waals surface area contributed by atoms with Gasteiger partial charge < -0.3 is 4.55 Å². The second-order valence-electron chi connectivity index (χ2n) is 2.78. The lowest BCUT2D eigenvalue weighted by Crippen LogP contribution is -2.30. The van der Waals surface area contributed by atoms with Crippen molar-refractivity contribution in [3.05, 3.63) is 0 Å². The van der Waals surface area contributed by atoms with Crippen molar-refractivity contribution in [1.29, 1.82) is 0 Å². The van der Waals surface area contributed by atoms with E-state index < -0.39 is 11.3 Å². The maximum Gasteiger partial charge on any atom is 0.0378 e. The van der Waals surface area contributed by atoms with Crippen LogP contribution in [0.1, 0.15) is 32.1 Å². The standard InChI is InChI=1S/C6H12ClNO2S/c7-8(11(9)10)6-4-2-1-3-5-6/h6H,1-5H2,(H,9,10)/p-1. The summed E-state index contributed by atoms with van der Waals surface area (Å²) in [7, 11) is 0. The molecule has 0 spiro atoms. The first kappa shape index (κ1) is 9.45. The van der Waals surface area contributed by atoms with Crippen LogP contribution in [0.3, 0.4) is 0 Å². The first-order chi connectivity index (χ1) is 5.22. The Bertz CT molecular complexity index is 150. The zero-order chi connectivity index (χ0) is 8.27. The normalized spacial score (nSPS) is 23.9. The average molecular weight is 197 g/mol. The molecule has 0 aliphatic heterocycles. The predicted molar refractivity (Wildman–Crippen MR) is 43.5 cm³/mol. The molecule has 0 saturated heterocycles. The lowest BCUT2D eigenvalue weighted by molar-refractivity contribution is 0.331. The molecule has 0 amide bonds. The van der Waals surface area contributed by atoms with Gasteiger partial charge in [0, 0.05) is 17.3 Å². The lowest BCUT2D eigenvalue weighted by atomic mass is 9.96. The van der Waals surface area contributed by atoms with Crippen molar-refractivity contribution in [3.63, 3.8) is 0 Å². The van der Waals surface area contributed by atoms with Gasteiger partial charge in [0.1, 0.15) is 0 Å². The Balaban J connectivity index is 2.38. The molecule has 1 aliphatic carbocycles. The van der Waals surface area contributed by atoms with E-state index in [1.807, 2.05) is 0 Å². The molecule has 1 unspecified atom stereocenters. The van der Waals surface area contributed by atoms with E-state index in [4.69, 9.17) is 11.8 Å². The van der Waals surface area contributed by atoms with E-state index in [2.05, 4.69) is 0 Å². The van der Waals surface area contributed by atoms with Crippen LogP contribution in [0, 0.1) is 0 Å². The van der Waals surface area contributed by atoms with Crippen LogP contribution in [-0.2, 0) is 11.3 Å². The number of nitrogens with zero attached hydrogens (tertiary/aromatic N) is 1. The zero-order valence-corrected chi connectivity index (χ0v) is 7.74. The summed E-state index contributed by atoms with van der Waals surface area (Å²) in [5.74, 6) is 0. The average Bonchev–Trinajstić information content (AvgIpc) is 2.05. The maximum atomic E-state index is 10.4. The Kier molecular flexibility index (Phi) is 3.78. The summed E-state index contributed by atoms with van der Waals surface area (Å²) in [5, 5.41) is 0. The second kappa shape index (κ2) is 4.40. The van der Waals surface area contributed by atoms with E-state index in [1.165, 1.54) is 6.42 Å². The van der Waals surface area contributed by atoms with Crippen LogP contribution in [0.25, 0.3) is 0 Å². The molecule has 1 atom stereocenters. The summed E-state index contributed by atoms with van der Waals surface area (Å²) in [6.07, 6.45) is 5.18. The molecule has 1 fully saturated rings. The van der Waals surface area contributed by atoms with Crippen molar-refractivity contribution in [2.75, 3.05) is 0 Å². The Labute approximate surface area is 74.2 Å². The molecule has 11 heavy (non-hydrogen) atoms. The molecule has 0 aromatic heterocycles. The Morgan fingerprint density at radius 3 is 2.36 bits per heavy atom. The third-order valence-electron chi connectivity index (χ3n) is 2.00. The SMILES string of the molecule is O=S([O-])N(Cl)C1CCCCC1. The van der Waals surface area contributed by atoms with Crippen molar-refractivity contribution >= 4 is 23.0 Å². The first-order valence-electron chi connectivity index (χ1n) is 3.76. The summed E-state index contributed by atoms with van der Waals surface area (Å²) in [6, 6.07) is 0.0312. The summed E-state index contributed by atoms with van der Waals surface area (Å²) in [6.45, 7) is 0. The summed E-state index contributed by atoms with van der Waals surface area (Å²) in [4.78, 5) is 0. The number of hydrogen-bond acceptors (Lipinski definition) is 2. The van der Waals surface area contributed by atoms with E-state index in [1.54, 1.807) is 0 Å². The minimum atomic E-state index is -2.26. The Morgan fingerprint density at radius 2 is 1.91 bits per heavy atom. The Morgan fingerprint density at radius 1 is 1.36 bits per heavy atom. The number of rotatable bonds is 2. The lowest BCUT2D eigenvalue weighted by Gasteiger charge is -2.29. The molecule has 5 heteroatoms. The molecule has 66 valence electrons. The zero-order valence-electron chi connectivity index (χ0n) is 6.16. The van der Waals surface area contributed by atoms with Gasteiger partial charge in [-0.05, 0) is 24.6 Å². The van der Waals surface area contributed by atoms with E-state index in [-0.39, 0.29) is 6.04 Å². The maximum absolute atomic E-state index is 10.4. The van der Waals surface area contributed by atoms with Crippen molar-refractivity contribution in [1.82, 2.24) is 3.82 Å². The molecule has 0 aromatic rings. The summed E-state index contributed by atoms with van der Waals surface area (Å²) < 4.78 is 21.7. The van der Waals surface area contributed by atoms with Crippen LogP contribution in [0.15, 0.2) is 0 Å². The smallest absolute Gasteiger partial charge is 0.0378 e. The molecule has 0 bridgehead atoms. The first-order valence-corrected chi connectivity index (χ1v) is 5.13. The molecule has 3 nitrogen and oxygen atoms in total. The third kappa shape index (κ3) is 2.71. The van der Waals surface area contributed by atoms with Gasteiger partial charge in [-0.15, -0.1) is 3.82 Å². The molecule has 1 saturated carbocycles. The molecule has 0 radical (unpaired) electrons. The minimum Gasteiger partial charge on any atom is -0.759 e. The van der Waals surface area contributed by atoms with E-state index in [9.17, 15) is 8.76 Å². The number of hydrogen-bond donors (Lipinski definition) is 0. The molecule has 0 heterocycles. The second-order valence-corrected chi connectivity index (χ2v) is 4.17. The third-order valence-corrected chi connectivity index (χ3v) is 3.20. The largest absolute Gasteiger partial charge is 0.759 e. The fraction of sp³-hybridized carbons (Fsp3) is 1.00. The summed E-state index contributed by atoms with van der Waals surface area (Å²) in [5.41, 5.74) is 0. The summed E-state index contributed by atoms with van der Waals surface area (Å²) >= 11 is 3.26. The molecule has 1 rings (SSSR count). The van der Waals surface area contributed by atoms with Crippen molar-refractivity contribution in [3.8, 4) is 0 Å². The van der Waals surface area contributed by atoms with Gasteiger partial charge in [0.05, 0.1) is 0 Å². The van der Waals surface area contributed by atoms with Crippen LogP contribution < -0.4 is 0 Å². The highest BCUT2D eigenvalue weighted by atomic mass is 35.5. The van der Waals surface area contributed by atoms with Gasteiger partial charge in [0.15, 0.2) is 0 Å². The van der Waals surface area contributed by atoms with Gasteiger partial charge in [0.25, 0.3) is 0 Å². The van der Waals surface area contributed by atoms with Gasteiger partial charge in [-0.3, -0.25) is 4.21 Å². The quantitative estimate of drug-likeness (QED) is 0.497. The fourth-order valence-corrected chi connectivity index (χ4v) is 2.06. The highest BCUT2D eigenvalue weighted by Gasteiger charge is 2.19. The van der Waals surface area contributed by atoms with Crippen LogP contribution in [0.2, 0.25) is 0 Å². The minimum absolute atomic E-state index is 0.0312. The van der Waals surface area contributed by atoms with Crippen LogP contribution >= 0.6 is 11.8 Å². The van der Waals surface area contributed by atoms with E-state index in [0.717, 1.165) is 29.5 Å². The highest BCUT2D eigenvalue weighted by molar-refractivity contribution is 7.77. The van der Waals surface area contributed by atoms with Crippen LogP contribution in [0.4, 0.5) is 0 Å². The van der Waals surface area contributed by atoms with Crippen molar-refractivity contribution in [2.24, 2.45) is 0 Å². The van der Waals surface area contributed by atoms with Crippen LogP contribution in [0.5, 0.6) is 0 Å². The van der Waals surface area contributed by atoms with Gasteiger partial charge in [-0.25, -0.2) is 0 Å². The predicted octanol–water partition coefficient (Wildman–Crippen LogP) is 1.57. The fourth-order valence-electron chi connectivity index (χ4n) is 1.41.